The van der Waals surface area contributed by atoms with Crippen LogP contribution in [0.1, 0.15) is 17.5 Å². The largest absolute Gasteiger partial charge is 0.297 e. The fraction of sp³-hybridized carbons (Fsp3) is 0.0909. The maximum Gasteiger partial charge on any atom is 0.195 e. The van der Waals surface area contributed by atoms with E-state index in [1.54, 1.807) is 29.1 Å². The van der Waals surface area contributed by atoms with Gasteiger partial charge in [-0.1, -0.05) is 0 Å². The lowest BCUT2D eigenvalue weighted by atomic mass is 10.3. The highest BCUT2D eigenvalue weighted by molar-refractivity contribution is 5.91. The van der Waals surface area contributed by atoms with Crippen LogP contribution in [0.15, 0.2) is 36.7 Å². The van der Waals surface area contributed by atoms with Gasteiger partial charge in [0.25, 0.3) is 0 Å². The number of hydrogen-bond donors (Lipinski definition) is 0. The standard InChI is InChI=1S/C11H9FN2O/c1-8(15)11-13-6-7-14(11)10-4-2-9(12)3-5-10/h2-7H,1H3. The van der Waals surface area contributed by atoms with E-state index in [1.807, 2.05) is 0 Å². The first kappa shape index (κ1) is 9.58. The molecule has 15 heavy (non-hydrogen) atoms. The van der Waals surface area contributed by atoms with E-state index in [-0.39, 0.29) is 11.6 Å². The Hall–Kier alpha value is -1.97. The number of carbonyl (C=O) groups is 1. The molecule has 1 heterocycles. The molecule has 0 fully saturated rings. The zero-order chi connectivity index (χ0) is 10.8. The Bertz CT molecular complexity index is 488. The zero-order valence-electron chi connectivity index (χ0n) is 8.14. The first-order chi connectivity index (χ1) is 7.18. The van der Waals surface area contributed by atoms with Crippen molar-refractivity contribution in [2.24, 2.45) is 0 Å². The first-order valence-corrected chi connectivity index (χ1v) is 4.49. The van der Waals surface area contributed by atoms with E-state index in [0.29, 0.717) is 5.82 Å². The number of nitrogens with zero attached hydrogens (tertiary/aromatic N) is 2. The molecule has 0 saturated carbocycles. The predicted octanol–water partition coefficient (Wildman–Crippen LogP) is 2.21. The fourth-order valence-electron chi connectivity index (χ4n) is 1.37. The summed E-state index contributed by atoms with van der Waals surface area (Å²) in [6, 6.07) is 5.89. The molecule has 1 aromatic heterocycles. The van der Waals surface area contributed by atoms with Crippen LogP contribution in [0.25, 0.3) is 5.69 Å². The molecule has 0 atom stereocenters. The van der Waals surface area contributed by atoms with Crippen LogP contribution in [0.2, 0.25) is 0 Å². The van der Waals surface area contributed by atoms with Crippen molar-refractivity contribution in [1.29, 1.82) is 0 Å². The van der Waals surface area contributed by atoms with Gasteiger partial charge in [-0.15, -0.1) is 0 Å². The fourth-order valence-corrected chi connectivity index (χ4v) is 1.37. The number of Topliss-reactive ketones (excluding diaryl/α,β-unsaturated/α-hetero) is 1. The van der Waals surface area contributed by atoms with Gasteiger partial charge in [-0.25, -0.2) is 9.37 Å². The van der Waals surface area contributed by atoms with Crippen LogP contribution in [-0.4, -0.2) is 15.3 Å². The number of benzene rings is 1. The van der Waals surface area contributed by atoms with Crippen molar-refractivity contribution in [2.75, 3.05) is 0 Å². The van der Waals surface area contributed by atoms with Crippen molar-refractivity contribution in [1.82, 2.24) is 9.55 Å². The molecule has 76 valence electrons. The van der Waals surface area contributed by atoms with E-state index >= 15 is 0 Å². The molecule has 0 aliphatic carbocycles. The van der Waals surface area contributed by atoms with Gasteiger partial charge in [0.05, 0.1) is 0 Å². The Kier molecular flexibility index (Phi) is 2.33. The Morgan fingerprint density at radius 3 is 2.60 bits per heavy atom. The SMILES string of the molecule is CC(=O)c1nccn1-c1ccc(F)cc1. The first-order valence-electron chi connectivity index (χ1n) is 4.49. The second kappa shape index (κ2) is 3.65. The summed E-state index contributed by atoms with van der Waals surface area (Å²) in [5.41, 5.74) is 0.721. The average molecular weight is 204 g/mol. The van der Waals surface area contributed by atoms with Gasteiger partial charge in [0.15, 0.2) is 11.6 Å². The van der Waals surface area contributed by atoms with Gasteiger partial charge < -0.3 is 0 Å². The van der Waals surface area contributed by atoms with Crippen LogP contribution < -0.4 is 0 Å². The highest BCUT2D eigenvalue weighted by Gasteiger charge is 2.08. The summed E-state index contributed by atoms with van der Waals surface area (Å²) in [5, 5.41) is 0. The third-order valence-corrected chi connectivity index (χ3v) is 2.06. The van der Waals surface area contributed by atoms with Crippen LogP contribution >= 0.6 is 0 Å². The monoisotopic (exact) mass is 204 g/mol. The van der Waals surface area contributed by atoms with E-state index in [2.05, 4.69) is 4.98 Å². The van der Waals surface area contributed by atoms with Crippen molar-refractivity contribution in [3.05, 3.63) is 48.3 Å². The Morgan fingerprint density at radius 1 is 1.33 bits per heavy atom. The zero-order valence-corrected chi connectivity index (χ0v) is 8.14. The minimum absolute atomic E-state index is 0.121. The molecule has 0 N–H and O–H groups in total. The van der Waals surface area contributed by atoms with Gasteiger partial charge in [-0.05, 0) is 24.3 Å². The van der Waals surface area contributed by atoms with Crippen molar-refractivity contribution in [3.63, 3.8) is 0 Å². The minimum atomic E-state index is -0.303. The van der Waals surface area contributed by atoms with E-state index < -0.39 is 0 Å². The lowest BCUT2D eigenvalue weighted by Crippen LogP contribution is -2.04. The van der Waals surface area contributed by atoms with Gasteiger partial charge >= 0.3 is 0 Å². The molecule has 2 aromatic rings. The van der Waals surface area contributed by atoms with Gasteiger partial charge in [-0.3, -0.25) is 9.36 Å². The molecule has 0 unspecified atom stereocenters. The Morgan fingerprint density at radius 2 is 2.00 bits per heavy atom. The lowest BCUT2D eigenvalue weighted by Gasteiger charge is -2.04. The maximum atomic E-state index is 12.7. The van der Waals surface area contributed by atoms with E-state index in [0.717, 1.165) is 5.69 Å². The smallest absolute Gasteiger partial charge is 0.195 e. The summed E-state index contributed by atoms with van der Waals surface area (Å²) < 4.78 is 14.3. The van der Waals surface area contributed by atoms with Crippen molar-refractivity contribution in [3.8, 4) is 5.69 Å². The van der Waals surface area contributed by atoms with Crippen LogP contribution in [0.4, 0.5) is 4.39 Å². The number of halogens is 1. The van der Waals surface area contributed by atoms with Crippen LogP contribution in [0, 0.1) is 5.82 Å². The molecule has 0 saturated heterocycles. The highest BCUT2D eigenvalue weighted by atomic mass is 19.1. The van der Waals surface area contributed by atoms with Gasteiger partial charge in [0, 0.05) is 25.0 Å². The summed E-state index contributed by atoms with van der Waals surface area (Å²) in [5.74, 6) is -0.0748. The highest BCUT2D eigenvalue weighted by Crippen LogP contribution is 2.11. The molecule has 0 amide bonds. The molecule has 4 heteroatoms. The Labute approximate surface area is 86.2 Å². The van der Waals surface area contributed by atoms with Gasteiger partial charge in [0.2, 0.25) is 0 Å². The molecule has 1 aromatic carbocycles. The van der Waals surface area contributed by atoms with Crippen LogP contribution in [0.3, 0.4) is 0 Å². The van der Waals surface area contributed by atoms with Crippen LogP contribution in [-0.2, 0) is 0 Å². The lowest BCUT2D eigenvalue weighted by molar-refractivity contribution is 0.100. The van der Waals surface area contributed by atoms with Crippen molar-refractivity contribution < 1.29 is 9.18 Å². The molecule has 0 aliphatic heterocycles. The maximum absolute atomic E-state index is 12.7. The number of aromatic nitrogens is 2. The summed E-state index contributed by atoms with van der Waals surface area (Å²) in [6.07, 6.45) is 3.21. The van der Waals surface area contributed by atoms with Crippen LogP contribution in [0.5, 0.6) is 0 Å². The van der Waals surface area contributed by atoms with Gasteiger partial charge in [-0.2, -0.15) is 0 Å². The number of imidazole rings is 1. The molecule has 0 aliphatic rings. The number of hydrogen-bond acceptors (Lipinski definition) is 2. The quantitative estimate of drug-likeness (QED) is 0.703. The van der Waals surface area contributed by atoms with Crippen molar-refractivity contribution in [2.45, 2.75) is 6.92 Å². The minimum Gasteiger partial charge on any atom is -0.297 e. The molecular formula is C11H9FN2O. The van der Waals surface area contributed by atoms with Crippen molar-refractivity contribution >= 4 is 5.78 Å². The molecule has 2 rings (SSSR count). The predicted molar refractivity (Wildman–Crippen MR) is 53.5 cm³/mol. The number of rotatable bonds is 2. The summed E-state index contributed by atoms with van der Waals surface area (Å²) in [7, 11) is 0. The number of ketones is 1. The number of carbonyl (C=O) groups excluding carboxylic acids is 1. The third kappa shape index (κ3) is 1.79. The molecule has 0 bridgehead atoms. The van der Waals surface area contributed by atoms with E-state index in [9.17, 15) is 9.18 Å². The third-order valence-electron chi connectivity index (χ3n) is 2.06. The molecule has 3 nitrogen and oxygen atoms in total. The summed E-state index contributed by atoms with van der Waals surface area (Å²) in [6.45, 7) is 1.45. The molecule has 0 radical (unpaired) electrons. The topological polar surface area (TPSA) is 34.9 Å². The summed E-state index contributed by atoms with van der Waals surface area (Å²) >= 11 is 0. The van der Waals surface area contributed by atoms with E-state index in [4.69, 9.17) is 0 Å². The van der Waals surface area contributed by atoms with E-state index in [1.165, 1.54) is 19.1 Å². The second-order valence-electron chi connectivity index (χ2n) is 3.15. The molecule has 0 spiro atoms. The normalized spacial score (nSPS) is 10.3. The van der Waals surface area contributed by atoms with Gasteiger partial charge in [0.1, 0.15) is 5.82 Å². The Balaban J connectivity index is 2.49. The average Bonchev–Trinajstić information content (AvgIpc) is 2.67. The molecular weight excluding hydrogens is 195 g/mol. The second-order valence-corrected chi connectivity index (χ2v) is 3.15. The summed E-state index contributed by atoms with van der Waals surface area (Å²) in [4.78, 5) is 15.1.